The van der Waals surface area contributed by atoms with Gasteiger partial charge in [0, 0.05) is 24.0 Å². The summed E-state index contributed by atoms with van der Waals surface area (Å²) in [5, 5.41) is 4.10. The molecule has 0 radical (unpaired) electrons. The van der Waals surface area contributed by atoms with Crippen molar-refractivity contribution in [3.63, 3.8) is 0 Å². The zero-order valence-corrected chi connectivity index (χ0v) is 11.0. The number of rotatable bonds is 5. The van der Waals surface area contributed by atoms with Gasteiger partial charge in [-0.25, -0.2) is 4.98 Å². The molecule has 0 amide bonds. The SMILES string of the molecule is CNCCc1ccc2c(OC)ccc(OC)c2n1. The van der Waals surface area contributed by atoms with Crippen LogP contribution < -0.4 is 14.8 Å². The van der Waals surface area contributed by atoms with Crippen molar-refractivity contribution >= 4 is 10.9 Å². The molecule has 0 saturated heterocycles. The Labute approximate surface area is 107 Å². The molecule has 0 unspecified atom stereocenters. The lowest BCUT2D eigenvalue weighted by Crippen LogP contribution is -2.11. The van der Waals surface area contributed by atoms with Crippen molar-refractivity contribution in [1.29, 1.82) is 0 Å². The summed E-state index contributed by atoms with van der Waals surface area (Å²) in [4.78, 5) is 4.65. The zero-order valence-electron chi connectivity index (χ0n) is 11.0. The standard InChI is InChI=1S/C14H18N2O2/c1-15-9-8-10-4-5-11-12(17-2)6-7-13(18-3)14(11)16-10/h4-7,15H,8-9H2,1-3H3. The van der Waals surface area contributed by atoms with Gasteiger partial charge in [-0.15, -0.1) is 0 Å². The van der Waals surface area contributed by atoms with E-state index >= 15 is 0 Å². The monoisotopic (exact) mass is 246 g/mol. The minimum atomic E-state index is 0.775. The van der Waals surface area contributed by atoms with Gasteiger partial charge in [-0.1, -0.05) is 0 Å². The number of benzene rings is 1. The van der Waals surface area contributed by atoms with Crippen molar-refractivity contribution in [2.24, 2.45) is 0 Å². The summed E-state index contributed by atoms with van der Waals surface area (Å²) in [7, 11) is 5.25. The van der Waals surface area contributed by atoms with Gasteiger partial charge >= 0.3 is 0 Å². The van der Waals surface area contributed by atoms with E-state index in [2.05, 4.69) is 10.3 Å². The molecular formula is C14H18N2O2. The van der Waals surface area contributed by atoms with E-state index in [1.807, 2.05) is 31.3 Å². The zero-order chi connectivity index (χ0) is 13.0. The molecule has 1 N–H and O–H groups in total. The van der Waals surface area contributed by atoms with E-state index in [-0.39, 0.29) is 0 Å². The van der Waals surface area contributed by atoms with Crippen molar-refractivity contribution in [1.82, 2.24) is 10.3 Å². The predicted octanol–water partition coefficient (Wildman–Crippen LogP) is 2.01. The second-order valence-corrected chi connectivity index (χ2v) is 4.02. The summed E-state index contributed by atoms with van der Waals surface area (Å²) in [5.74, 6) is 1.59. The third-order valence-corrected chi connectivity index (χ3v) is 2.91. The third kappa shape index (κ3) is 2.38. The number of hydrogen-bond acceptors (Lipinski definition) is 4. The Morgan fingerprint density at radius 2 is 1.78 bits per heavy atom. The first-order valence-electron chi connectivity index (χ1n) is 5.95. The minimum Gasteiger partial charge on any atom is -0.496 e. The van der Waals surface area contributed by atoms with Gasteiger partial charge in [0.05, 0.1) is 14.2 Å². The maximum absolute atomic E-state index is 5.35. The van der Waals surface area contributed by atoms with E-state index in [0.717, 1.165) is 41.1 Å². The molecule has 2 aromatic rings. The Morgan fingerprint density at radius 3 is 2.44 bits per heavy atom. The summed E-state index contributed by atoms with van der Waals surface area (Å²) in [6, 6.07) is 7.85. The number of pyridine rings is 1. The van der Waals surface area contributed by atoms with Crippen LogP contribution in [0.4, 0.5) is 0 Å². The van der Waals surface area contributed by atoms with Crippen molar-refractivity contribution in [2.45, 2.75) is 6.42 Å². The highest BCUT2D eigenvalue weighted by molar-refractivity contribution is 5.90. The molecule has 2 rings (SSSR count). The normalized spacial score (nSPS) is 10.6. The Hall–Kier alpha value is -1.81. The van der Waals surface area contributed by atoms with Gasteiger partial charge in [0.1, 0.15) is 17.0 Å². The molecule has 0 fully saturated rings. The molecule has 0 atom stereocenters. The van der Waals surface area contributed by atoms with Crippen LogP contribution in [-0.4, -0.2) is 32.8 Å². The number of fused-ring (bicyclic) bond motifs is 1. The molecule has 0 spiro atoms. The summed E-state index contributed by atoms with van der Waals surface area (Å²) >= 11 is 0. The van der Waals surface area contributed by atoms with Crippen LogP contribution in [0, 0.1) is 0 Å². The largest absolute Gasteiger partial charge is 0.496 e. The van der Waals surface area contributed by atoms with Gasteiger partial charge in [0.25, 0.3) is 0 Å². The Bertz CT molecular complexity index is 541. The fourth-order valence-electron chi connectivity index (χ4n) is 1.94. The van der Waals surface area contributed by atoms with Crippen molar-refractivity contribution in [2.75, 3.05) is 27.8 Å². The van der Waals surface area contributed by atoms with E-state index in [1.54, 1.807) is 14.2 Å². The van der Waals surface area contributed by atoms with Gasteiger partial charge in [-0.3, -0.25) is 0 Å². The van der Waals surface area contributed by atoms with Crippen molar-refractivity contribution in [3.8, 4) is 11.5 Å². The highest BCUT2D eigenvalue weighted by Crippen LogP contribution is 2.31. The number of nitrogens with one attached hydrogen (secondary N) is 1. The molecule has 1 aromatic heterocycles. The summed E-state index contributed by atoms with van der Waals surface area (Å²) in [6.45, 7) is 0.908. The Kier molecular flexibility index (Phi) is 3.99. The lowest BCUT2D eigenvalue weighted by molar-refractivity contribution is 0.409. The number of hydrogen-bond donors (Lipinski definition) is 1. The topological polar surface area (TPSA) is 43.4 Å². The quantitative estimate of drug-likeness (QED) is 0.876. The maximum Gasteiger partial charge on any atom is 0.145 e. The van der Waals surface area contributed by atoms with Gasteiger partial charge in [0.15, 0.2) is 0 Å². The van der Waals surface area contributed by atoms with E-state index in [9.17, 15) is 0 Å². The minimum absolute atomic E-state index is 0.775. The molecule has 0 saturated carbocycles. The average Bonchev–Trinajstić information content (AvgIpc) is 2.43. The lowest BCUT2D eigenvalue weighted by atomic mass is 10.1. The fourth-order valence-corrected chi connectivity index (χ4v) is 1.94. The molecular weight excluding hydrogens is 228 g/mol. The van der Waals surface area contributed by atoms with Gasteiger partial charge in [0.2, 0.25) is 0 Å². The molecule has 1 aromatic carbocycles. The molecule has 0 aliphatic rings. The average molecular weight is 246 g/mol. The second kappa shape index (κ2) is 5.69. The predicted molar refractivity (Wildman–Crippen MR) is 72.5 cm³/mol. The second-order valence-electron chi connectivity index (χ2n) is 4.02. The number of ether oxygens (including phenoxy) is 2. The highest BCUT2D eigenvalue weighted by atomic mass is 16.5. The van der Waals surface area contributed by atoms with Gasteiger partial charge in [-0.2, -0.15) is 0 Å². The van der Waals surface area contributed by atoms with Crippen molar-refractivity contribution in [3.05, 3.63) is 30.0 Å². The summed E-state index contributed by atoms with van der Waals surface area (Å²) in [6.07, 6.45) is 0.896. The van der Waals surface area contributed by atoms with E-state index in [4.69, 9.17) is 9.47 Å². The summed E-state index contributed by atoms with van der Waals surface area (Å²) < 4.78 is 10.7. The van der Waals surface area contributed by atoms with Crippen LogP contribution in [0.5, 0.6) is 11.5 Å². The Balaban J connectivity index is 2.52. The van der Waals surface area contributed by atoms with Crippen LogP contribution in [0.25, 0.3) is 10.9 Å². The van der Waals surface area contributed by atoms with E-state index < -0.39 is 0 Å². The fraction of sp³-hybridized carbons (Fsp3) is 0.357. The van der Waals surface area contributed by atoms with Gasteiger partial charge in [-0.05, 0) is 31.3 Å². The Morgan fingerprint density at radius 1 is 1.06 bits per heavy atom. The van der Waals surface area contributed by atoms with Crippen LogP contribution >= 0.6 is 0 Å². The smallest absolute Gasteiger partial charge is 0.145 e. The molecule has 0 aliphatic heterocycles. The molecule has 0 aliphatic carbocycles. The van der Waals surface area contributed by atoms with Gasteiger partial charge < -0.3 is 14.8 Å². The molecule has 96 valence electrons. The van der Waals surface area contributed by atoms with Crippen LogP contribution in [0.1, 0.15) is 5.69 Å². The van der Waals surface area contributed by atoms with E-state index in [0.29, 0.717) is 0 Å². The number of likely N-dealkylation sites (N-methyl/N-ethyl adjacent to an activating group) is 1. The number of aromatic nitrogens is 1. The number of methoxy groups -OCH3 is 2. The van der Waals surface area contributed by atoms with Crippen LogP contribution in [0.3, 0.4) is 0 Å². The third-order valence-electron chi connectivity index (χ3n) is 2.91. The first-order chi connectivity index (χ1) is 8.80. The molecule has 4 heteroatoms. The van der Waals surface area contributed by atoms with E-state index in [1.165, 1.54) is 0 Å². The maximum atomic E-state index is 5.35. The number of nitrogens with zero attached hydrogens (tertiary/aromatic N) is 1. The first kappa shape index (κ1) is 12.6. The molecule has 18 heavy (non-hydrogen) atoms. The van der Waals surface area contributed by atoms with Crippen LogP contribution in [-0.2, 0) is 6.42 Å². The van der Waals surface area contributed by atoms with Crippen LogP contribution in [0.15, 0.2) is 24.3 Å². The summed E-state index contributed by atoms with van der Waals surface area (Å²) in [5.41, 5.74) is 1.90. The van der Waals surface area contributed by atoms with Crippen LogP contribution in [0.2, 0.25) is 0 Å². The van der Waals surface area contributed by atoms with Crippen molar-refractivity contribution < 1.29 is 9.47 Å². The molecule has 4 nitrogen and oxygen atoms in total. The first-order valence-corrected chi connectivity index (χ1v) is 5.95. The lowest BCUT2D eigenvalue weighted by Gasteiger charge is -2.10. The molecule has 0 bridgehead atoms. The molecule has 1 heterocycles. The highest BCUT2D eigenvalue weighted by Gasteiger charge is 2.09.